The van der Waals surface area contributed by atoms with Crippen LogP contribution < -0.4 is 11.5 Å². The second kappa shape index (κ2) is 7.09. The van der Waals surface area contributed by atoms with E-state index in [9.17, 15) is 4.79 Å². The molecule has 0 aliphatic heterocycles. The minimum absolute atomic E-state index is 0.331. The first-order chi connectivity index (χ1) is 12.1. The normalized spacial score (nSPS) is 10.4. The molecule has 0 heterocycles. The second-order valence-corrected chi connectivity index (χ2v) is 5.73. The molecule has 0 aliphatic carbocycles. The summed E-state index contributed by atoms with van der Waals surface area (Å²) >= 11 is 0. The molecule has 0 fully saturated rings. The Hall–Kier alpha value is -3.27. The molecule has 0 aromatic heterocycles. The van der Waals surface area contributed by atoms with Crippen molar-refractivity contribution in [2.75, 3.05) is 18.1 Å². The largest absolute Gasteiger partial charge is 0.462 e. The fourth-order valence-corrected chi connectivity index (χ4v) is 2.74. The molecule has 0 saturated carbocycles. The minimum Gasteiger partial charge on any atom is -0.462 e. The van der Waals surface area contributed by atoms with Crippen molar-refractivity contribution in [3.05, 3.63) is 72.3 Å². The average Bonchev–Trinajstić information content (AvgIpc) is 2.63. The van der Waals surface area contributed by atoms with Crippen LogP contribution in [-0.4, -0.2) is 12.6 Å². The number of nitrogen functional groups attached to an aromatic ring is 2. The topological polar surface area (TPSA) is 78.3 Å². The number of hydrogen-bond acceptors (Lipinski definition) is 4. The highest BCUT2D eigenvalue weighted by Crippen LogP contribution is 2.34. The van der Waals surface area contributed by atoms with E-state index in [1.54, 1.807) is 13.0 Å². The van der Waals surface area contributed by atoms with Crippen molar-refractivity contribution in [3.63, 3.8) is 0 Å². The fraction of sp³-hybridized carbons (Fsp3) is 0.0952. The third-order valence-corrected chi connectivity index (χ3v) is 3.95. The van der Waals surface area contributed by atoms with E-state index in [0.717, 1.165) is 22.3 Å². The number of nitrogens with two attached hydrogens (primary N) is 2. The molecule has 3 aromatic rings. The third kappa shape index (κ3) is 3.63. The lowest BCUT2D eigenvalue weighted by Gasteiger charge is -2.13. The van der Waals surface area contributed by atoms with Crippen molar-refractivity contribution in [1.82, 2.24) is 0 Å². The van der Waals surface area contributed by atoms with E-state index in [2.05, 4.69) is 0 Å². The Morgan fingerprint density at radius 2 is 1.56 bits per heavy atom. The van der Waals surface area contributed by atoms with Crippen LogP contribution in [0.2, 0.25) is 0 Å². The van der Waals surface area contributed by atoms with Crippen molar-refractivity contribution in [2.24, 2.45) is 0 Å². The standard InChI is InChI=1S/C21H20N2O2/c1-2-25-21(24)16-5-3-4-15(12-16)20-13-18(23)10-11-19(20)14-6-8-17(22)9-7-14/h3-13H,2,22-23H2,1H3. The van der Waals surface area contributed by atoms with Crippen molar-refractivity contribution in [3.8, 4) is 22.3 Å². The van der Waals surface area contributed by atoms with Gasteiger partial charge in [-0.2, -0.15) is 0 Å². The smallest absolute Gasteiger partial charge is 0.338 e. The molecule has 4 N–H and O–H groups in total. The zero-order chi connectivity index (χ0) is 17.8. The highest BCUT2D eigenvalue weighted by atomic mass is 16.5. The van der Waals surface area contributed by atoms with Crippen LogP contribution in [0.3, 0.4) is 0 Å². The van der Waals surface area contributed by atoms with Crippen LogP contribution in [0.5, 0.6) is 0 Å². The van der Waals surface area contributed by atoms with Crippen LogP contribution >= 0.6 is 0 Å². The summed E-state index contributed by atoms with van der Waals surface area (Å²) in [5, 5.41) is 0. The molecule has 0 amide bonds. The highest BCUT2D eigenvalue weighted by Gasteiger charge is 2.12. The van der Waals surface area contributed by atoms with Gasteiger partial charge < -0.3 is 16.2 Å². The van der Waals surface area contributed by atoms with E-state index in [4.69, 9.17) is 16.2 Å². The molecule has 0 saturated heterocycles. The number of benzene rings is 3. The van der Waals surface area contributed by atoms with Gasteiger partial charge in [-0.1, -0.05) is 30.3 Å². The van der Waals surface area contributed by atoms with Crippen LogP contribution in [0.4, 0.5) is 11.4 Å². The molecule has 0 radical (unpaired) electrons. The summed E-state index contributed by atoms with van der Waals surface area (Å²) in [6, 6.07) is 20.8. The van der Waals surface area contributed by atoms with Gasteiger partial charge >= 0.3 is 5.97 Å². The van der Waals surface area contributed by atoms with E-state index >= 15 is 0 Å². The van der Waals surface area contributed by atoms with Crippen LogP contribution in [0.25, 0.3) is 22.3 Å². The molecule has 4 heteroatoms. The summed E-state index contributed by atoms with van der Waals surface area (Å²) in [6.07, 6.45) is 0. The maximum Gasteiger partial charge on any atom is 0.338 e. The van der Waals surface area contributed by atoms with E-state index in [0.29, 0.717) is 23.5 Å². The number of carbonyl (C=O) groups excluding carboxylic acids is 1. The molecule has 0 atom stereocenters. The summed E-state index contributed by atoms with van der Waals surface area (Å²) in [4.78, 5) is 12.0. The molecule has 0 aliphatic rings. The molecule has 3 rings (SSSR count). The Bertz CT molecular complexity index is 902. The van der Waals surface area contributed by atoms with E-state index in [1.807, 2.05) is 60.7 Å². The van der Waals surface area contributed by atoms with Crippen LogP contribution in [0.15, 0.2) is 66.7 Å². The Balaban J connectivity index is 2.11. The lowest BCUT2D eigenvalue weighted by Crippen LogP contribution is -2.04. The van der Waals surface area contributed by atoms with Crippen molar-refractivity contribution in [1.29, 1.82) is 0 Å². The van der Waals surface area contributed by atoms with Crippen LogP contribution in [0.1, 0.15) is 17.3 Å². The Kier molecular flexibility index (Phi) is 4.70. The minimum atomic E-state index is -0.331. The second-order valence-electron chi connectivity index (χ2n) is 5.73. The lowest BCUT2D eigenvalue weighted by atomic mass is 9.93. The highest BCUT2D eigenvalue weighted by molar-refractivity contribution is 5.93. The maximum atomic E-state index is 12.0. The SMILES string of the molecule is CCOC(=O)c1cccc(-c2cc(N)ccc2-c2ccc(N)cc2)c1. The lowest BCUT2D eigenvalue weighted by molar-refractivity contribution is 0.0526. The van der Waals surface area contributed by atoms with Gasteiger partial charge in [-0.05, 0) is 65.6 Å². The number of carbonyl (C=O) groups is 1. The number of ether oxygens (including phenoxy) is 1. The van der Waals surface area contributed by atoms with Gasteiger partial charge in [-0.25, -0.2) is 4.79 Å². The van der Waals surface area contributed by atoms with Crippen LogP contribution in [0, 0.1) is 0 Å². The predicted octanol–water partition coefficient (Wildman–Crippen LogP) is 4.36. The molecule has 0 bridgehead atoms. The van der Waals surface area contributed by atoms with E-state index in [-0.39, 0.29) is 5.97 Å². The first-order valence-electron chi connectivity index (χ1n) is 8.11. The van der Waals surface area contributed by atoms with Gasteiger partial charge in [0.1, 0.15) is 0 Å². The molecule has 126 valence electrons. The van der Waals surface area contributed by atoms with Crippen molar-refractivity contribution >= 4 is 17.3 Å². The van der Waals surface area contributed by atoms with Crippen molar-refractivity contribution in [2.45, 2.75) is 6.92 Å². The molecule has 4 nitrogen and oxygen atoms in total. The zero-order valence-electron chi connectivity index (χ0n) is 14.0. The molecule has 25 heavy (non-hydrogen) atoms. The summed E-state index contributed by atoms with van der Waals surface area (Å²) in [7, 11) is 0. The number of hydrogen-bond donors (Lipinski definition) is 2. The average molecular weight is 332 g/mol. The van der Waals surface area contributed by atoms with Gasteiger partial charge in [0.2, 0.25) is 0 Å². The molecule has 3 aromatic carbocycles. The Labute approximate surface area is 147 Å². The zero-order valence-corrected chi connectivity index (χ0v) is 14.0. The summed E-state index contributed by atoms with van der Waals surface area (Å²) < 4.78 is 5.09. The van der Waals surface area contributed by atoms with E-state index < -0.39 is 0 Å². The van der Waals surface area contributed by atoms with Gasteiger partial charge in [-0.15, -0.1) is 0 Å². The van der Waals surface area contributed by atoms with E-state index in [1.165, 1.54) is 0 Å². The maximum absolute atomic E-state index is 12.0. The molecule has 0 spiro atoms. The number of esters is 1. The molecule has 0 unspecified atom stereocenters. The Morgan fingerprint density at radius 1 is 0.840 bits per heavy atom. The molecular formula is C21H20N2O2. The molecular weight excluding hydrogens is 312 g/mol. The van der Waals surface area contributed by atoms with Gasteiger partial charge in [0.05, 0.1) is 12.2 Å². The van der Waals surface area contributed by atoms with Gasteiger partial charge in [-0.3, -0.25) is 0 Å². The summed E-state index contributed by atoms with van der Waals surface area (Å²) in [5.74, 6) is -0.331. The first-order valence-corrected chi connectivity index (χ1v) is 8.11. The van der Waals surface area contributed by atoms with Crippen molar-refractivity contribution < 1.29 is 9.53 Å². The van der Waals surface area contributed by atoms with Gasteiger partial charge in [0.15, 0.2) is 0 Å². The van der Waals surface area contributed by atoms with Crippen LogP contribution in [-0.2, 0) is 4.74 Å². The third-order valence-electron chi connectivity index (χ3n) is 3.95. The Morgan fingerprint density at radius 3 is 2.28 bits per heavy atom. The number of rotatable bonds is 4. The van der Waals surface area contributed by atoms with Gasteiger partial charge in [0, 0.05) is 11.4 Å². The monoisotopic (exact) mass is 332 g/mol. The predicted molar refractivity (Wildman–Crippen MR) is 102 cm³/mol. The first kappa shape index (κ1) is 16.6. The fourth-order valence-electron chi connectivity index (χ4n) is 2.74. The summed E-state index contributed by atoms with van der Waals surface area (Å²) in [5.41, 5.74) is 17.6. The quantitative estimate of drug-likeness (QED) is 0.549. The van der Waals surface area contributed by atoms with Gasteiger partial charge in [0.25, 0.3) is 0 Å². The summed E-state index contributed by atoms with van der Waals surface area (Å²) in [6.45, 7) is 2.14. The number of anilines is 2.